The number of fused-ring (bicyclic) bond motifs is 6. The maximum atomic E-state index is 16.0. The SMILES string of the molecule is C=S1(=O)Nc2nc(c(-c3cccc(OCC(F)(F)F)c3)s2)-c2ccccc2C(F)(F)CCCCCN(CC(C)(C)C(=O)O)c2cccc1n2. The van der Waals surface area contributed by atoms with Crippen molar-refractivity contribution < 1.29 is 40.8 Å². The van der Waals surface area contributed by atoms with E-state index in [0.717, 1.165) is 11.3 Å². The molecule has 1 aliphatic rings. The Labute approximate surface area is 285 Å². The molecule has 49 heavy (non-hydrogen) atoms. The Bertz CT molecular complexity index is 1930. The number of carboxylic acid groups (broad SMARTS) is 1. The number of alkyl halides is 5. The van der Waals surface area contributed by atoms with E-state index in [-0.39, 0.29) is 45.7 Å². The lowest BCUT2D eigenvalue weighted by molar-refractivity contribution is -0.153. The van der Waals surface area contributed by atoms with Gasteiger partial charge in [0.25, 0.3) is 5.92 Å². The van der Waals surface area contributed by atoms with Gasteiger partial charge in [0.15, 0.2) is 11.7 Å². The molecule has 0 spiro atoms. The predicted octanol–water partition coefficient (Wildman–Crippen LogP) is 8.50. The maximum absolute atomic E-state index is 16.0. The Kier molecular flexibility index (Phi) is 10.3. The highest BCUT2D eigenvalue weighted by Crippen LogP contribution is 2.46. The second kappa shape index (κ2) is 13.9. The molecule has 1 aliphatic heterocycles. The molecule has 2 aromatic carbocycles. The Morgan fingerprint density at radius 1 is 1.06 bits per heavy atom. The lowest BCUT2D eigenvalue weighted by Crippen LogP contribution is -2.40. The van der Waals surface area contributed by atoms with Crippen molar-refractivity contribution in [3.05, 3.63) is 72.3 Å². The first kappa shape index (κ1) is 36.1. The Hall–Kier alpha value is -4.24. The van der Waals surface area contributed by atoms with E-state index in [9.17, 15) is 27.3 Å². The van der Waals surface area contributed by atoms with Crippen LogP contribution in [0.4, 0.5) is 32.9 Å². The van der Waals surface area contributed by atoms with Crippen LogP contribution in [0.25, 0.3) is 21.7 Å². The summed E-state index contributed by atoms with van der Waals surface area (Å²) in [5.41, 5.74) is -0.898. The van der Waals surface area contributed by atoms with Crippen molar-refractivity contribution >= 4 is 43.8 Å². The minimum absolute atomic E-state index is 0.0464. The van der Waals surface area contributed by atoms with Crippen molar-refractivity contribution in [3.63, 3.8) is 0 Å². The number of aromatic nitrogens is 2. The topological polar surface area (TPSA) is 105 Å². The van der Waals surface area contributed by atoms with Crippen LogP contribution in [-0.2, 0) is 20.4 Å². The molecule has 2 aromatic heterocycles. The van der Waals surface area contributed by atoms with Gasteiger partial charge in [-0.1, -0.05) is 60.2 Å². The zero-order valence-corrected chi connectivity index (χ0v) is 28.4. The van der Waals surface area contributed by atoms with E-state index in [4.69, 9.17) is 4.74 Å². The van der Waals surface area contributed by atoms with Gasteiger partial charge in [-0.2, -0.15) is 13.2 Å². The first-order valence-electron chi connectivity index (χ1n) is 15.3. The van der Waals surface area contributed by atoms with Crippen LogP contribution in [0, 0.1) is 5.41 Å². The Balaban J connectivity index is 1.64. The van der Waals surface area contributed by atoms with E-state index >= 15 is 8.78 Å². The van der Waals surface area contributed by atoms with E-state index in [0.29, 0.717) is 35.6 Å². The number of hydrogen-bond acceptors (Lipinski definition) is 7. The van der Waals surface area contributed by atoms with Crippen LogP contribution in [0.1, 0.15) is 45.1 Å². The molecule has 0 saturated carbocycles. The van der Waals surface area contributed by atoms with Gasteiger partial charge in [-0.25, -0.2) is 23.0 Å². The number of nitrogens with zero attached hydrogens (tertiary/aromatic N) is 3. The van der Waals surface area contributed by atoms with E-state index in [1.807, 2.05) is 0 Å². The summed E-state index contributed by atoms with van der Waals surface area (Å²) in [6.07, 6.45) is -4.02. The largest absolute Gasteiger partial charge is 0.484 e. The molecule has 0 amide bonds. The number of hydrogen-bond donors (Lipinski definition) is 2. The Morgan fingerprint density at radius 2 is 1.80 bits per heavy atom. The lowest BCUT2D eigenvalue weighted by atomic mass is 9.92. The van der Waals surface area contributed by atoms with Gasteiger partial charge in [-0.3, -0.25) is 9.52 Å². The normalized spacial score (nSPS) is 18.6. The molecule has 3 heterocycles. The molecule has 262 valence electrons. The average Bonchev–Trinajstić information content (AvgIpc) is 3.45. The monoisotopic (exact) mass is 722 g/mol. The number of nitrogens with one attached hydrogen (secondary N) is 1. The number of carbonyl (C=O) groups is 1. The van der Waals surface area contributed by atoms with Crippen LogP contribution in [0.3, 0.4) is 0 Å². The molecule has 15 heteroatoms. The number of aliphatic carboxylic acids is 1. The summed E-state index contributed by atoms with van der Waals surface area (Å²) in [4.78, 5) is 23.2. The minimum Gasteiger partial charge on any atom is -0.484 e. The third-order valence-electron chi connectivity index (χ3n) is 7.91. The van der Waals surface area contributed by atoms with E-state index in [1.54, 1.807) is 43.0 Å². The van der Waals surface area contributed by atoms with Gasteiger partial charge in [0.2, 0.25) is 0 Å². The van der Waals surface area contributed by atoms with Crippen LogP contribution >= 0.6 is 11.3 Å². The van der Waals surface area contributed by atoms with Crippen LogP contribution < -0.4 is 14.4 Å². The Morgan fingerprint density at radius 3 is 2.53 bits per heavy atom. The quantitative estimate of drug-likeness (QED) is 0.152. The van der Waals surface area contributed by atoms with Crippen molar-refractivity contribution in [3.8, 4) is 27.4 Å². The highest BCUT2D eigenvalue weighted by molar-refractivity contribution is 8.01. The molecule has 2 N–H and O–H groups in total. The fourth-order valence-electron chi connectivity index (χ4n) is 5.38. The molecule has 1 unspecified atom stereocenters. The van der Waals surface area contributed by atoms with E-state index in [2.05, 4.69) is 20.6 Å². The summed E-state index contributed by atoms with van der Waals surface area (Å²) in [6.45, 7) is 2.00. The molecular formula is C34H35F5N4O4S2. The van der Waals surface area contributed by atoms with Gasteiger partial charge in [0, 0.05) is 30.6 Å². The number of rotatable bonds is 6. The van der Waals surface area contributed by atoms with Gasteiger partial charge in [-0.15, -0.1) is 0 Å². The molecule has 0 saturated heterocycles. The highest BCUT2D eigenvalue weighted by atomic mass is 32.2. The van der Waals surface area contributed by atoms with Gasteiger partial charge in [0.05, 0.1) is 25.7 Å². The maximum Gasteiger partial charge on any atom is 0.422 e. The summed E-state index contributed by atoms with van der Waals surface area (Å²) < 4.78 is 92.6. The lowest BCUT2D eigenvalue weighted by Gasteiger charge is -2.31. The summed E-state index contributed by atoms with van der Waals surface area (Å²) in [6, 6.07) is 16.5. The number of halogens is 5. The van der Waals surface area contributed by atoms with Crippen molar-refractivity contribution in [2.24, 2.45) is 5.41 Å². The highest BCUT2D eigenvalue weighted by Gasteiger charge is 2.36. The van der Waals surface area contributed by atoms with Gasteiger partial charge >= 0.3 is 12.1 Å². The zero-order chi connectivity index (χ0) is 35.6. The molecular weight excluding hydrogens is 688 g/mol. The number of carboxylic acids is 1. The fraction of sp³-hybridized carbons (Fsp3) is 0.353. The summed E-state index contributed by atoms with van der Waals surface area (Å²) >= 11 is 0.964. The number of benzene rings is 2. The van der Waals surface area contributed by atoms with Gasteiger partial charge < -0.3 is 14.7 Å². The number of thiazole rings is 1. The van der Waals surface area contributed by atoms with Crippen LogP contribution in [-0.4, -0.2) is 57.0 Å². The second-order valence-electron chi connectivity index (χ2n) is 12.4. The van der Waals surface area contributed by atoms with E-state index < -0.39 is 46.2 Å². The fourth-order valence-corrected chi connectivity index (χ4v) is 7.75. The van der Waals surface area contributed by atoms with Crippen LogP contribution in [0.15, 0.2) is 71.8 Å². The van der Waals surface area contributed by atoms with Crippen LogP contribution in [0.5, 0.6) is 5.75 Å². The smallest absolute Gasteiger partial charge is 0.422 e. The molecule has 5 rings (SSSR count). The number of anilines is 2. The first-order chi connectivity index (χ1) is 23.0. The van der Waals surface area contributed by atoms with Crippen molar-refractivity contribution in [2.45, 2.75) is 56.7 Å². The number of pyridine rings is 1. The molecule has 4 bridgehead atoms. The van der Waals surface area contributed by atoms with Crippen molar-refractivity contribution in [1.29, 1.82) is 0 Å². The summed E-state index contributed by atoms with van der Waals surface area (Å²) in [5.74, 6) is -0.172. The third-order valence-corrected chi connectivity index (χ3v) is 10.5. The standard InChI is InChI=1S/C34H35F5N4O4S2/c1-32(2,30(44)45)20-43-18-8-4-7-17-33(35,36)25-14-6-5-13-24(25)28-29(22-11-9-12-23(19-22)47-21-34(37,38)39)48-31(41-28)42-49(3,46)27-16-10-15-26(43)40-27/h5-6,9-16,19H,3-4,7-8,17-18,20-21H2,1-2H3,(H,44,45)(H,41,42,46). The molecule has 0 fully saturated rings. The van der Waals surface area contributed by atoms with Gasteiger partial charge in [0.1, 0.15) is 16.6 Å². The molecule has 0 radical (unpaired) electrons. The third kappa shape index (κ3) is 8.68. The van der Waals surface area contributed by atoms with Crippen molar-refractivity contribution in [1.82, 2.24) is 9.97 Å². The second-order valence-corrected chi connectivity index (χ2v) is 15.4. The summed E-state index contributed by atoms with van der Waals surface area (Å²) in [7, 11) is -3.43. The molecule has 1 atom stereocenters. The van der Waals surface area contributed by atoms with Crippen molar-refractivity contribution in [2.75, 3.05) is 29.3 Å². The zero-order valence-electron chi connectivity index (χ0n) is 26.7. The molecule has 0 aliphatic carbocycles. The predicted molar refractivity (Wildman–Crippen MR) is 182 cm³/mol. The minimum atomic E-state index is -4.57. The van der Waals surface area contributed by atoms with Crippen LogP contribution in [0.2, 0.25) is 0 Å². The summed E-state index contributed by atoms with van der Waals surface area (Å²) in [5, 5.41) is 9.90. The molecule has 8 nitrogen and oxygen atoms in total. The number of ether oxygens (including phenoxy) is 1. The average molecular weight is 723 g/mol. The molecule has 4 aromatic rings. The van der Waals surface area contributed by atoms with Gasteiger partial charge in [-0.05, 0) is 62.4 Å². The van der Waals surface area contributed by atoms with E-state index in [1.165, 1.54) is 42.5 Å². The first-order valence-corrected chi connectivity index (χ1v) is 17.9.